The van der Waals surface area contributed by atoms with Crippen molar-refractivity contribution in [3.05, 3.63) is 34.3 Å². The predicted octanol–water partition coefficient (Wildman–Crippen LogP) is 3.47. The van der Waals surface area contributed by atoms with E-state index in [4.69, 9.17) is 0 Å². The highest BCUT2D eigenvalue weighted by molar-refractivity contribution is 9.10. The van der Waals surface area contributed by atoms with E-state index in [1.165, 1.54) is 5.56 Å². The Labute approximate surface area is 141 Å². The molecule has 2 fully saturated rings. The van der Waals surface area contributed by atoms with Gasteiger partial charge in [-0.15, -0.1) is 0 Å². The zero-order chi connectivity index (χ0) is 15.6. The Hall–Kier alpha value is -0.870. The van der Waals surface area contributed by atoms with E-state index < -0.39 is 0 Å². The SMILES string of the molecule is CNC1CCN(C(=O)C2(c3ccc(Br)cc3)CCCC2)CC1. The highest BCUT2D eigenvalue weighted by atomic mass is 79.9. The van der Waals surface area contributed by atoms with Gasteiger partial charge in [-0.25, -0.2) is 0 Å². The van der Waals surface area contributed by atoms with Crippen LogP contribution in [-0.4, -0.2) is 37.0 Å². The highest BCUT2D eigenvalue weighted by Gasteiger charge is 2.45. The van der Waals surface area contributed by atoms with Crippen molar-refractivity contribution in [3.8, 4) is 0 Å². The number of nitrogens with zero attached hydrogens (tertiary/aromatic N) is 1. The van der Waals surface area contributed by atoms with Gasteiger partial charge in [0, 0.05) is 23.6 Å². The number of likely N-dealkylation sites (tertiary alicyclic amines) is 1. The zero-order valence-corrected chi connectivity index (χ0v) is 14.9. The Kier molecular flexibility index (Phi) is 4.88. The van der Waals surface area contributed by atoms with Crippen LogP contribution in [0.1, 0.15) is 44.1 Å². The Balaban J connectivity index is 1.82. The first-order valence-corrected chi connectivity index (χ1v) is 9.18. The maximum absolute atomic E-state index is 13.3. The summed E-state index contributed by atoms with van der Waals surface area (Å²) in [5, 5.41) is 3.34. The van der Waals surface area contributed by atoms with Crippen LogP contribution in [0.4, 0.5) is 0 Å². The molecule has 0 radical (unpaired) electrons. The molecule has 120 valence electrons. The molecule has 1 aliphatic carbocycles. The normalized spacial score (nSPS) is 22.0. The molecule has 1 heterocycles. The molecular formula is C18H25BrN2O. The van der Waals surface area contributed by atoms with Gasteiger partial charge in [-0.1, -0.05) is 40.9 Å². The van der Waals surface area contributed by atoms with Crippen LogP contribution in [-0.2, 0) is 10.2 Å². The van der Waals surface area contributed by atoms with Gasteiger partial charge in [0.1, 0.15) is 0 Å². The molecule has 1 aliphatic heterocycles. The molecule has 1 aromatic rings. The fraction of sp³-hybridized carbons (Fsp3) is 0.611. The molecule has 0 atom stereocenters. The number of carbonyl (C=O) groups is 1. The second-order valence-corrected chi connectivity index (χ2v) is 7.57. The lowest BCUT2D eigenvalue weighted by molar-refractivity contribution is -0.138. The molecule has 1 saturated carbocycles. The first kappa shape index (κ1) is 16.0. The molecular weight excluding hydrogens is 340 g/mol. The number of piperidine rings is 1. The van der Waals surface area contributed by atoms with E-state index in [1.807, 2.05) is 7.05 Å². The van der Waals surface area contributed by atoms with Gasteiger partial charge in [0.15, 0.2) is 0 Å². The minimum Gasteiger partial charge on any atom is -0.342 e. The van der Waals surface area contributed by atoms with Gasteiger partial charge in [-0.3, -0.25) is 4.79 Å². The molecule has 1 aromatic carbocycles. The lowest BCUT2D eigenvalue weighted by Crippen LogP contribution is -2.50. The number of halogens is 1. The van der Waals surface area contributed by atoms with Crippen LogP contribution in [0.3, 0.4) is 0 Å². The third-order valence-corrected chi connectivity index (χ3v) is 5.98. The Morgan fingerprint density at radius 3 is 2.32 bits per heavy atom. The maximum Gasteiger partial charge on any atom is 0.233 e. The monoisotopic (exact) mass is 364 g/mol. The molecule has 3 rings (SSSR count). The summed E-state index contributed by atoms with van der Waals surface area (Å²) in [6.07, 6.45) is 6.46. The van der Waals surface area contributed by atoms with Crippen LogP contribution >= 0.6 is 15.9 Å². The van der Waals surface area contributed by atoms with E-state index in [-0.39, 0.29) is 5.41 Å². The summed E-state index contributed by atoms with van der Waals surface area (Å²) >= 11 is 3.50. The predicted molar refractivity (Wildman–Crippen MR) is 92.9 cm³/mol. The largest absolute Gasteiger partial charge is 0.342 e. The first-order chi connectivity index (χ1) is 10.7. The summed E-state index contributed by atoms with van der Waals surface area (Å²) in [7, 11) is 2.02. The van der Waals surface area contributed by atoms with Crippen molar-refractivity contribution in [2.24, 2.45) is 0 Å². The molecule has 0 aromatic heterocycles. The van der Waals surface area contributed by atoms with Crippen molar-refractivity contribution < 1.29 is 4.79 Å². The second-order valence-electron chi connectivity index (χ2n) is 6.65. The van der Waals surface area contributed by atoms with Gasteiger partial charge in [-0.2, -0.15) is 0 Å². The number of hydrogen-bond acceptors (Lipinski definition) is 2. The Morgan fingerprint density at radius 2 is 1.77 bits per heavy atom. The third kappa shape index (κ3) is 2.95. The summed E-state index contributed by atoms with van der Waals surface area (Å²) in [5.74, 6) is 0.363. The average molecular weight is 365 g/mol. The molecule has 0 spiro atoms. The van der Waals surface area contributed by atoms with Gasteiger partial charge in [0.2, 0.25) is 5.91 Å². The Bertz CT molecular complexity index is 514. The minimum absolute atomic E-state index is 0.271. The fourth-order valence-electron chi connectivity index (χ4n) is 4.05. The lowest BCUT2D eigenvalue weighted by atomic mass is 9.77. The van der Waals surface area contributed by atoms with Crippen molar-refractivity contribution in [1.29, 1.82) is 0 Å². The highest BCUT2D eigenvalue weighted by Crippen LogP contribution is 2.43. The van der Waals surface area contributed by atoms with Crippen molar-refractivity contribution in [2.45, 2.75) is 50.0 Å². The van der Waals surface area contributed by atoms with Crippen LogP contribution in [0, 0.1) is 0 Å². The van der Waals surface area contributed by atoms with Crippen LogP contribution in [0.2, 0.25) is 0 Å². The van der Waals surface area contributed by atoms with Crippen LogP contribution in [0.25, 0.3) is 0 Å². The van der Waals surface area contributed by atoms with E-state index in [0.717, 1.165) is 56.1 Å². The molecule has 2 aliphatic rings. The van der Waals surface area contributed by atoms with Gasteiger partial charge in [-0.05, 0) is 50.4 Å². The van der Waals surface area contributed by atoms with E-state index in [2.05, 4.69) is 50.4 Å². The number of rotatable bonds is 3. The van der Waals surface area contributed by atoms with Gasteiger partial charge >= 0.3 is 0 Å². The summed E-state index contributed by atoms with van der Waals surface area (Å²) < 4.78 is 1.08. The first-order valence-electron chi connectivity index (χ1n) is 8.38. The molecule has 0 unspecified atom stereocenters. The number of amides is 1. The summed E-state index contributed by atoms with van der Waals surface area (Å²) in [6, 6.07) is 8.96. The molecule has 1 N–H and O–H groups in total. The molecule has 4 heteroatoms. The van der Waals surface area contributed by atoms with Crippen LogP contribution < -0.4 is 5.32 Å². The number of hydrogen-bond donors (Lipinski definition) is 1. The quantitative estimate of drug-likeness (QED) is 0.890. The van der Waals surface area contributed by atoms with Crippen LogP contribution in [0.15, 0.2) is 28.7 Å². The number of benzene rings is 1. The van der Waals surface area contributed by atoms with Gasteiger partial charge in [0.25, 0.3) is 0 Å². The second kappa shape index (κ2) is 6.71. The number of carbonyl (C=O) groups excluding carboxylic acids is 1. The van der Waals surface area contributed by atoms with Crippen molar-refractivity contribution in [1.82, 2.24) is 10.2 Å². The topological polar surface area (TPSA) is 32.3 Å². The summed E-state index contributed by atoms with van der Waals surface area (Å²) in [5.41, 5.74) is 0.932. The van der Waals surface area contributed by atoms with E-state index in [9.17, 15) is 4.79 Å². The van der Waals surface area contributed by atoms with Crippen molar-refractivity contribution in [3.63, 3.8) is 0 Å². The van der Waals surface area contributed by atoms with Gasteiger partial charge in [0.05, 0.1) is 5.41 Å². The van der Waals surface area contributed by atoms with Crippen LogP contribution in [0.5, 0.6) is 0 Å². The number of nitrogens with one attached hydrogen (secondary N) is 1. The van der Waals surface area contributed by atoms with Crippen molar-refractivity contribution in [2.75, 3.05) is 20.1 Å². The van der Waals surface area contributed by atoms with Crippen molar-refractivity contribution >= 4 is 21.8 Å². The van der Waals surface area contributed by atoms with Gasteiger partial charge < -0.3 is 10.2 Å². The maximum atomic E-state index is 13.3. The molecule has 0 bridgehead atoms. The molecule has 1 saturated heterocycles. The van der Waals surface area contributed by atoms with E-state index in [1.54, 1.807) is 0 Å². The zero-order valence-electron chi connectivity index (χ0n) is 13.3. The minimum atomic E-state index is -0.271. The fourth-order valence-corrected chi connectivity index (χ4v) is 4.31. The summed E-state index contributed by atoms with van der Waals surface area (Å²) in [4.78, 5) is 15.4. The smallest absolute Gasteiger partial charge is 0.233 e. The molecule has 1 amide bonds. The average Bonchev–Trinajstić information content (AvgIpc) is 3.06. The third-order valence-electron chi connectivity index (χ3n) is 5.45. The van der Waals surface area contributed by atoms with E-state index in [0.29, 0.717) is 11.9 Å². The van der Waals surface area contributed by atoms with E-state index >= 15 is 0 Å². The molecule has 3 nitrogen and oxygen atoms in total. The standard InChI is InChI=1S/C18H25BrN2O/c1-20-16-8-12-21(13-9-16)17(22)18(10-2-3-11-18)14-4-6-15(19)7-5-14/h4-7,16,20H,2-3,8-13H2,1H3. The Morgan fingerprint density at radius 1 is 1.18 bits per heavy atom. The lowest BCUT2D eigenvalue weighted by Gasteiger charge is -2.38. The molecule has 22 heavy (non-hydrogen) atoms. The summed E-state index contributed by atoms with van der Waals surface area (Å²) in [6.45, 7) is 1.78.